The van der Waals surface area contributed by atoms with Crippen molar-refractivity contribution in [3.05, 3.63) is 83.4 Å². The zero-order chi connectivity index (χ0) is 29.3. The molecule has 214 valence electrons. The first-order valence-electron chi connectivity index (χ1n) is 12.8. The van der Waals surface area contributed by atoms with E-state index in [1.807, 2.05) is 0 Å². The van der Waals surface area contributed by atoms with Gasteiger partial charge in [-0.25, -0.2) is 8.42 Å². The van der Waals surface area contributed by atoms with Crippen LogP contribution >= 0.6 is 11.6 Å². The molecule has 0 aliphatic carbocycles. The minimum atomic E-state index is -4.25. The van der Waals surface area contributed by atoms with Gasteiger partial charge in [0, 0.05) is 18.1 Å². The van der Waals surface area contributed by atoms with Crippen molar-refractivity contribution in [3.63, 3.8) is 0 Å². The lowest BCUT2D eigenvalue weighted by Gasteiger charge is -2.32. The summed E-state index contributed by atoms with van der Waals surface area (Å²) in [5.41, 5.74) is 0.940. The maximum absolute atomic E-state index is 14.0. The number of halogens is 1. The zero-order valence-electron chi connectivity index (χ0n) is 23.0. The molecule has 40 heavy (non-hydrogen) atoms. The summed E-state index contributed by atoms with van der Waals surface area (Å²) in [4.78, 5) is 28.1. The smallest absolute Gasteiger partial charge is 0.264 e. The molecular formula is C29H34ClN3O6S. The van der Waals surface area contributed by atoms with E-state index in [0.29, 0.717) is 23.1 Å². The molecule has 0 saturated carbocycles. The summed E-state index contributed by atoms with van der Waals surface area (Å²) >= 11 is 6.00. The third-order valence-electron chi connectivity index (χ3n) is 6.14. The molecule has 11 heteroatoms. The highest BCUT2D eigenvalue weighted by molar-refractivity contribution is 7.92. The maximum atomic E-state index is 14.0. The Morgan fingerprint density at radius 1 is 0.975 bits per heavy atom. The van der Waals surface area contributed by atoms with Crippen molar-refractivity contribution in [2.75, 3.05) is 31.1 Å². The minimum Gasteiger partial charge on any atom is -0.497 e. The van der Waals surface area contributed by atoms with Gasteiger partial charge in [0.05, 0.1) is 24.3 Å². The van der Waals surface area contributed by atoms with Gasteiger partial charge in [-0.3, -0.25) is 13.9 Å². The monoisotopic (exact) mass is 587 g/mol. The second-order valence-corrected chi connectivity index (χ2v) is 11.1. The summed E-state index contributed by atoms with van der Waals surface area (Å²) in [7, 11) is -2.69. The first-order chi connectivity index (χ1) is 19.1. The van der Waals surface area contributed by atoms with Crippen LogP contribution < -0.4 is 19.1 Å². The molecule has 3 aromatic carbocycles. The van der Waals surface area contributed by atoms with Crippen molar-refractivity contribution in [1.29, 1.82) is 0 Å². The molecule has 2 amide bonds. The van der Waals surface area contributed by atoms with Crippen LogP contribution in [0.3, 0.4) is 0 Å². The van der Waals surface area contributed by atoms with Crippen LogP contribution in [0.1, 0.15) is 26.3 Å². The maximum Gasteiger partial charge on any atom is 0.264 e. The number of hydrogen-bond donors (Lipinski definition) is 1. The molecule has 0 fully saturated rings. The number of methoxy groups -OCH3 is 1. The molecule has 1 N–H and O–H groups in total. The molecular weight excluding hydrogens is 554 g/mol. The Balaban J connectivity index is 2.07. The molecule has 0 spiro atoms. The second-order valence-electron chi connectivity index (χ2n) is 8.81. The third-order valence-corrected chi connectivity index (χ3v) is 8.17. The van der Waals surface area contributed by atoms with Gasteiger partial charge in [-0.1, -0.05) is 35.9 Å². The second kappa shape index (κ2) is 14.0. The Bertz CT molecular complexity index is 1400. The van der Waals surface area contributed by atoms with Gasteiger partial charge < -0.3 is 19.7 Å². The number of hydrogen-bond acceptors (Lipinski definition) is 6. The van der Waals surface area contributed by atoms with Gasteiger partial charge in [0.15, 0.2) is 0 Å². The number of para-hydroxylation sites is 2. The Kier molecular flexibility index (Phi) is 10.8. The predicted molar refractivity (Wildman–Crippen MR) is 155 cm³/mol. The quantitative estimate of drug-likeness (QED) is 0.316. The van der Waals surface area contributed by atoms with E-state index >= 15 is 0 Å². The fourth-order valence-corrected chi connectivity index (χ4v) is 5.57. The Hall–Kier alpha value is -3.76. The number of carbonyl (C=O) groups excluding carboxylic acids is 2. The highest BCUT2D eigenvalue weighted by atomic mass is 35.5. The Morgan fingerprint density at radius 2 is 1.62 bits per heavy atom. The fourth-order valence-electron chi connectivity index (χ4n) is 4.02. The van der Waals surface area contributed by atoms with E-state index in [1.165, 1.54) is 29.2 Å². The summed E-state index contributed by atoms with van der Waals surface area (Å²) in [5.74, 6) is 0.0181. The van der Waals surface area contributed by atoms with Crippen molar-refractivity contribution >= 4 is 39.1 Å². The number of sulfonamides is 1. The number of carbonyl (C=O) groups is 2. The van der Waals surface area contributed by atoms with Gasteiger partial charge in [0.2, 0.25) is 11.8 Å². The number of anilines is 1. The molecule has 0 aromatic heterocycles. The molecule has 1 atom stereocenters. The van der Waals surface area contributed by atoms with E-state index in [-0.39, 0.29) is 29.6 Å². The number of ether oxygens (including phenoxy) is 2. The average molecular weight is 588 g/mol. The minimum absolute atomic E-state index is 0.0468. The van der Waals surface area contributed by atoms with Crippen molar-refractivity contribution in [1.82, 2.24) is 10.2 Å². The van der Waals surface area contributed by atoms with Crippen LogP contribution in [0.2, 0.25) is 5.02 Å². The van der Waals surface area contributed by atoms with E-state index in [2.05, 4.69) is 5.32 Å². The number of likely N-dealkylation sites (N-methyl/N-ethyl adjacent to an activating group) is 1. The van der Waals surface area contributed by atoms with Crippen LogP contribution in [0.5, 0.6) is 11.5 Å². The first-order valence-corrected chi connectivity index (χ1v) is 14.6. The summed E-state index contributed by atoms with van der Waals surface area (Å²) < 4.78 is 39.9. The first kappa shape index (κ1) is 30.8. The standard InChI is InChI=1S/C29H34ClN3O6S/c1-5-31-29(35)21(3)32(19-22-11-15-24(38-4)16-12-22)28(34)20-33(26-9-7-8-10-27(26)39-6-2)40(36,37)25-17-13-23(30)14-18-25/h7-18,21H,5-6,19-20H2,1-4H3,(H,31,35)/t21-/m1/s1. The largest absolute Gasteiger partial charge is 0.497 e. The van der Waals surface area contributed by atoms with E-state index < -0.39 is 28.5 Å². The van der Waals surface area contributed by atoms with E-state index in [4.69, 9.17) is 21.1 Å². The van der Waals surface area contributed by atoms with Crippen molar-refractivity contribution in [2.45, 2.75) is 38.3 Å². The molecule has 0 bridgehead atoms. The van der Waals surface area contributed by atoms with Crippen LogP contribution in [0.25, 0.3) is 0 Å². The molecule has 0 aliphatic rings. The Labute approximate surface area is 240 Å². The molecule has 3 rings (SSSR count). The molecule has 0 aliphatic heterocycles. The SMILES string of the molecule is CCNC(=O)[C@@H](C)N(Cc1ccc(OC)cc1)C(=O)CN(c1ccccc1OCC)S(=O)(=O)c1ccc(Cl)cc1. The van der Waals surface area contributed by atoms with Gasteiger partial charge in [-0.2, -0.15) is 0 Å². The van der Waals surface area contributed by atoms with E-state index in [1.54, 1.807) is 76.4 Å². The average Bonchev–Trinajstić information content (AvgIpc) is 2.95. The number of nitrogens with one attached hydrogen (secondary N) is 1. The normalized spacial score (nSPS) is 11.8. The van der Waals surface area contributed by atoms with Crippen molar-refractivity contribution < 1.29 is 27.5 Å². The van der Waals surface area contributed by atoms with Gasteiger partial charge in [-0.05, 0) is 74.9 Å². The van der Waals surface area contributed by atoms with Crippen molar-refractivity contribution in [3.8, 4) is 11.5 Å². The third kappa shape index (κ3) is 7.45. The number of amides is 2. The predicted octanol–water partition coefficient (Wildman–Crippen LogP) is 4.50. The number of benzene rings is 3. The van der Waals surface area contributed by atoms with Gasteiger partial charge >= 0.3 is 0 Å². The summed E-state index contributed by atoms with van der Waals surface area (Å²) in [6.45, 7) is 5.34. The lowest BCUT2D eigenvalue weighted by molar-refractivity contribution is -0.139. The van der Waals surface area contributed by atoms with Gasteiger partial charge in [0.25, 0.3) is 10.0 Å². The molecule has 0 saturated heterocycles. The topological polar surface area (TPSA) is 105 Å². The summed E-state index contributed by atoms with van der Waals surface area (Å²) in [5, 5.41) is 3.11. The van der Waals surface area contributed by atoms with Crippen LogP contribution in [0.15, 0.2) is 77.7 Å². The fraction of sp³-hybridized carbons (Fsp3) is 0.310. The van der Waals surface area contributed by atoms with Crippen LogP contribution in [-0.4, -0.2) is 58.0 Å². The van der Waals surface area contributed by atoms with Gasteiger partial charge in [0.1, 0.15) is 24.1 Å². The number of rotatable bonds is 13. The summed E-state index contributed by atoms with van der Waals surface area (Å²) in [6, 6.07) is 18.5. The van der Waals surface area contributed by atoms with Crippen LogP contribution in [0, 0.1) is 0 Å². The lowest BCUT2D eigenvalue weighted by atomic mass is 10.1. The van der Waals surface area contributed by atoms with Gasteiger partial charge in [-0.15, -0.1) is 0 Å². The highest BCUT2D eigenvalue weighted by Gasteiger charge is 2.33. The molecule has 0 heterocycles. The Morgan fingerprint density at radius 3 is 2.23 bits per heavy atom. The lowest BCUT2D eigenvalue weighted by Crippen LogP contribution is -2.51. The molecule has 0 radical (unpaired) electrons. The number of nitrogens with zero attached hydrogens (tertiary/aromatic N) is 2. The molecule has 9 nitrogen and oxygen atoms in total. The molecule has 0 unspecified atom stereocenters. The highest BCUT2D eigenvalue weighted by Crippen LogP contribution is 2.33. The summed E-state index contributed by atoms with van der Waals surface area (Å²) in [6.07, 6.45) is 0. The zero-order valence-corrected chi connectivity index (χ0v) is 24.5. The van der Waals surface area contributed by atoms with Crippen LogP contribution in [-0.2, 0) is 26.2 Å². The van der Waals surface area contributed by atoms with E-state index in [9.17, 15) is 18.0 Å². The van der Waals surface area contributed by atoms with Crippen molar-refractivity contribution in [2.24, 2.45) is 0 Å². The van der Waals surface area contributed by atoms with E-state index in [0.717, 1.165) is 9.87 Å². The molecule has 3 aromatic rings. The van der Waals surface area contributed by atoms with Crippen LogP contribution in [0.4, 0.5) is 5.69 Å².